The first-order chi connectivity index (χ1) is 35.9. The van der Waals surface area contributed by atoms with Crippen molar-refractivity contribution in [3.8, 4) is 39.6 Å². The Morgan fingerprint density at radius 1 is 0.403 bits per heavy atom. The van der Waals surface area contributed by atoms with E-state index in [2.05, 4.69) is 272 Å². The molecule has 0 aliphatic carbocycles. The van der Waals surface area contributed by atoms with E-state index in [9.17, 15) is 0 Å². The Hall–Kier alpha value is -7.18. The standard InChI is InChI=1S/C71H81N5O/c1-66(2,3)47-28-31-73-64(40-47)76-60-25-20-19-24-56(60)57-27-26-55(42-62(57)76)77-54-23-21-22-53(41-54)74-44-75(61-29-30-72-43-63(61)74)65-58(45-32-48(67(4,5)6)36-49(33-45)68(7,8)9)38-52(71(16,17)18)39-59(65)46-34-50(69(10,11)12)37-51(35-46)70(13,14)15/h19-43H,44H2,1-18H3. The molecule has 0 amide bonds. The van der Waals surface area contributed by atoms with Gasteiger partial charge in [-0.05, 0) is 138 Å². The summed E-state index contributed by atoms with van der Waals surface area (Å²) < 4.78 is 9.19. The van der Waals surface area contributed by atoms with Crippen molar-refractivity contribution >= 4 is 44.6 Å². The molecule has 6 aromatic carbocycles. The summed E-state index contributed by atoms with van der Waals surface area (Å²) in [7, 11) is 0. The van der Waals surface area contributed by atoms with Crippen molar-refractivity contribution in [2.75, 3.05) is 16.5 Å². The molecule has 0 atom stereocenters. The first kappa shape index (κ1) is 53.2. The van der Waals surface area contributed by atoms with E-state index >= 15 is 0 Å². The molecule has 0 spiro atoms. The van der Waals surface area contributed by atoms with E-state index in [-0.39, 0.29) is 32.5 Å². The van der Waals surface area contributed by atoms with Crippen LogP contribution in [-0.4, -0.2) is 21.2 Å². The second-order valence-electron chi connectivity index (χ2n) is 27.9. The van der Waals surface area contributed by atoms with Crippen LogP contribution in [0.5, 0.6) is 11.5 Å². The monoisotopic (exact) mass is 1020 g/mol. The van der Waals surface area contributed by atoms with Crippen LogP contribution in [0.2, 0.25) is 0 Å². The third kappa shape index (κ3) is 10.4. The van der Waals surface area contributed by atoms with Crippen LogP contribution in [0.15, 0.2) is 152 Å². The molecule has 0 fully saturated rings. The largest absolute Gasteiger partial charge is 0.457 e. The molecule has 0 saturated carbocycles. The Kier molecular flexibility index (Phi) is 13.0. The third-order valence-electron chi connectivity index (χ3n) is 15.7. The quantitative estimate of drug-likeness (QED) is 0.159. The molecule has 4 heterocycles. The second kappa shape index (κ2) is 18.8. The van der Waals surface area contributed by atoms with Crippen LogP contribution < -0.4 is 14.5 Å². The minimum absolute atomic E-state index is 0.0252. The molecule has 6 heteroatoms. The number of benzene rings is 6. The molecular weight excluding hydrogens is 939 g/mol. The van der Waals surface area contributed by atoms with Gasteiger partial charge in [-0.25, -0.2) is 4.98 Å². The second-order valence-corrected chi connectivity index (χ2v) is 27.9. The van der Waals surface area contributed by atoms with Crippen molar-refractivity contribution in [3.05, 3.63) is 185 Å². The Morgan fingerprint density at radius 2 is 0.922 bits per heavy atom. The van der Waals surface area contributed by atoms with Gasteiger partial charge in [0.1, 0.15) is 24.0 Å². The minimum Gasteiger partial charge on any atom is -0.457 e. The van der Waals surface area contributed by atoms with Crippen LogP contribution >= 0.6 is 0 Å². The highest BCUT2D eigenvalue weighted by Crippen LogP contribution is 2.53. The number of pyridine rings is 2. The third-order valence-corrected chi connectivity index (χ3v) is 15.7. The van der Waals surface area contributed by atoms with Crippen LogP contribution in [0, 0.1) is 0 Å². The van der Waals surface area contributed by atoms with Crippen molar-refractivity contribution in [3.63, 3.8) is 0 Å². The molecule has 1 aliphatic rings. The molecule has 0 unspecified atom stereocenters. The van der Waals surface area contributed by atoms with E-state index in [0.717, 1.165) is 50.8 Å². The van der Waals surface area contributed by atoms with E-state index in [0.29, 0.717) is 6.67 Å². The van der Waals surface area contributed by atoms with Crippen molar-refractivity contribution in [1.29, 1.82) is 0 Å². The number of hydrogen-bond donors (Lipinski definition) is 0. The molecule has 3 aromatic heterocycles. The van der Waals surface area contributed by atoms with E-state index in [1.807, 2.05) is 18.6 Å². The summed E-state index contributed by atoms with van der Waals surface area (Å²) in [5.74, 6) is 2.39. The van der Waals surface area contributed by atoms with E-state index in [1.165, 1.54) is 66.7 Å². The molecule has 6 nitrogen and oxygen atoms in total. The number of nitrogens with zero attached hydrogens (tertiary/aromatic N) is 5. The Morgan fingerprint density at radius 3 is 1.48 bits per heavy atom. The number of rotatable bonds is 7. The zero-order valence-corrected chi connectivity index (χ0v) is 49.3. The topological polar surface area (TPSA) is 46.4 Å². The number of anilines is 4. The van der Waals surface area contributed by atoms with E-state index in [4.69, 9.17) is 14.7 Å². The van der Waals surface area contributed by atoms with Gasteiger partial charge in [-0.2, -0.15) is 0 Å². The lowest BCUT2D eigenvalue weighted by atomic mass is 9.76. The number of ether oxygens (including phenoxy) is 1. The molecular formula is C71H81N5O. The van der Waals surface area contributed by atoms with E-state index in [1.54, 1.807) is 0 Å². The zero-order valence-electron chi connectivity index (χ0n) is 49.3. The van der Waals surface area contributed by atoms with Crippen LogP contribution in [-0.2, 0) is 32.5 Å². The highest BCUT2D eigenvalue weighted by atomic mass is 16.5. The molecule has 0 saturated heterocycles. The number of hydrogen-bond acceptors (Lipinski definition) is 5. The maximum Gasteiger partial charge on any atom is 0.137 e. The average Bonchev–Trinajstić information content (AvgIpc) is 4.12. The smallest absolute Gasteiger partial charge is 0.137 e. The first-order valence-electron chi connectivity index (χ1n) is 27.7. The Labute approximate surface area is 460 Å². The highest BCUT2D eigenvalue weighted by Gasteiger charge is 2.35. The molecule has 77 heavy (non-hydrogen) atoms. The summed E-state index contributed by atoms with van der Waals surface area (Å²) in [6.45, 7) is 42.4. The van der Waals surface area contributed by atoms with Gasteiger partial charge in [0.25, 0.3) is 0 Å². The molecule has 10 rings (SSSR count). The fourth-order valence-electron chi connectivity index (χ4n) is 10.7. The molecule has 0 radical (unpaired) electrons. The van der Waals surface area contributed by atoms with Gasteiger partial charge in [0.15, 0.2) is 0 Å². The van der Waals surface area contributed by atoms with Gasteiger partial charge in [-0.15, -0.1) is 0 Å². The summed E-state index contributed by atoms with van der Waals surface area (Å²) in [6.07, 6.45) is 5.90. The van der Waals surface area contributed by atoms with Crippen LogP contribution in [0.1, 0.15) is 158 Å². The summed E-state index contributed by atoms with van der Waals surface area (Å²) >= 11 is 0. The van der Waals surface area contributed by atoms with Crippen LogP contribution in [0.4, 0.5) is 22.7 Å². The predicted molar refractivity (Wildman–Crippen MR) is 328 cm³/mol. The zero-order chi connectivity index (χ0) is 55.4. The summed E-state index contributed by atoms with van der Waals surface area (Å²) in [4.78, 5) is 14.7. The summed E-state index contributed by atoms with van der Waals surface area (Å²) in [6, 6.07) is 49.8. The molecule has 1 aliphatic heterocycles. The van der Waals surface area contributed by atoms with Gasteiger partial charge in [0.05, 0.1) is 34.3 Å². The lowest BCUT2D eigenvalue weighted by Crippen LogP contribution is -2.25. The molecule has 0 bridgehead atoms. The van der Waals surface area contributed by atoms with Gasteiger partial charge in [0.2, 0.25) is 0 Å². The van der Waals surface area contributed by atoms with Crippen molar-refractivity contribution < 1.29 is 4.74 Å². The van der Waals surface area contributed by atoms with Gasteiger partial charge in [-0.1, -0.05) is 185 Å². The normalized spacial score (nSPS) is 13.7. The van der Waals surface area contributed by atoms with Gasteiger partial charge >= 0.3 is 0 Å². The molecule has 9 aromatic rings. The minimum atomic E-state index is -0.139. The maximum atomic E-state index is 6.91. The van der Waals surface area contributed by atoms with Crippen LogP contribution in [0.25, 0.3) is 49.9 Å². The van der Waals surface area contributed by atoms with Crippen molar-refractivity contribution in [2.24, 2.45) is 0 Å². The SMILES string of the molecule is CC(C)(C)c1cc(-c2cc(C(C)(C)C)cc(-c3cc(C(C)(C)C)cc(C(C)(C)C)c3)c2N2CN(c3cccc(Oc4ccc5c6ccccc6n(-c6cc(C(C)(C)C)ccn6)c5c4)c3)c3cnccc32)cc(C(C)(C)C)c1. The van der Waals surface area contributed by atoms with Crippen molar-refractivity contribution in [1.82, 2.24) is 14.5 Å². The predicted octanol–water partition coefficient (Wildman–Crippen LogP) is 19.7. The van der Waals surface area contributed by atoms with Crippen molar-refractivity contribution in [2.45, 2.75) is 157 Å². The lowest BCUT2D eigenvalue weighted by Gasteiger charge is -2.32. The van der Waals surface area contributed by atoms with Gasteiger partial charge < -0.3 is 14.5 Å². The number of fused-ring (bicyclic) bond motifs is 4. The number of aromatic nitrogens is 3. The summed E-state index contributed by atoms with van der Waals surface area (Å²) in [5.41, 5.74) is 18.8. The van der Waals surface area contributed by atoms with Gasteiger partial charge in [0, 0.05) is 52.1 Å². The fraction of sp³-hybridized carbons (Fsp3) is 0.352. The number of para-hydroxylation sites is 1. The van der Waals surface area contributed by atoms with Crippen LogP contribution in [0.3, 0.4) is 0 Å². The van der Waals surface area contributed by atoms with E-state index < -0.39 is 0 Å². The first-order valence-corrected chi connectivity index (χ1v) is 27.7. The summed E-state index contributed by atoms with van der Waals surface area (Å²) in [5, 5.41) is 2.33. The average molecular weight is 1020 g/mol. The Balaban J connectivity index is 1.14. The Bertz CT molecular complexity index is 3560. The lowest BCUT2D eigenvalue weighted by molar-refractivity contribution is 0.483. The van der Waals surface area contributed by atoms with Gasteiger partial charge in [-0.3, -0.25) is 9.55 Å². The maximum absolute atomic E-state index is 6.91. The molecule has 0 N–H and O–H groups in total. The fourth-order valence-corrected chi connectivity index (χ4v) is 10.7. The highest BCUT2D eigenvalue weighted by molar-refractivity contribution is 6.09. The molecule has 396 valence electrons.